The zero-order chi connectivity index (χ0) is 19.2. The van der Waals surface area contributed by atoms with Crippen LogP contribution in [0.25, 0.3) is 10.9 Å². The van der Waals surface area contributed by atoms with E-state index in [0.717, 1.165) is 28.9 Å². The average Bonchev–Trinajstić information content (AvgIpc) is 3.03. The first-order chi connectivity index (χ1) is 12.9. The van der Waals surface area contributed by atoms with Crippen LogP contribution in [0.4, 0.5) is 13.2 Å². The number of halogens is 3. The van der Waals surface area contributed by atoms with Crippen LogP contribution in [0.1, 0.15) is 27.3 Å². The molecule has 0 spiro atoms. The number of pyridine rings is 1. The van der Waals surface area contributed by atoms with Crippen LogP contribution in [-0.2, 0) is 19.3 Å². The van der Waals surface area contributed by atoms with Gasteiger partial charge in [-0.15, -0.1) is 0 Å². The van der Waals surface area contributed by atoms with Crippen molar-refractivity contribution in [3.63, 3.8) is 0 Å². The number of carbonyl (C=O) groups excluding carboxylic acids is 1. The largest absolute Gasteiger partial charge is 0.434 e. The smallest absolute Gasteiger partial charge is 0.341 e. The molecule has 3 heterocycles. The summed E-state index contributed by atoms with van der Waals surface area (Å²) in [5, 5.41) is 10.1. The molecule has 1 aliphatic heterocycles. The van der Waals surface area contributed by atoms with Crippen molar-refractivity contribution in [3.8, 4) is 6.07 Å². The van der Waals surface area contributed by atoms with Crippen molar-refractivity contribution in [2.75, 3.05) is 6.54 Å². The molecule has 27 heavy (non-hydrogen) atoms. The molecule has 0 saturated carbocycles. The minimum absolute atomic E-state index is 0.0240. The first-order valence-corrected chi connectivity index (χ1v) is 8.22. The van der Waals surface area contributed by atoms with Crippen molar-refractivity contribution in [2.24, 2.45) is 0 Å². The van der Waals surface area contributed by atoms with Gasteiger partial charge in [0.05, 0.1) is 17.7 Å². The van der Waals surface area contributed by atoms with E-state index in [1.165, 1.54) is 6.07 Å². The summed E-state index contributed by atoms with van der Waals surface area (Å²) in [4.78, 5) is 17.6. The number of para-hydroxylation sites is 1. The lowest BCUT2D eigenvalue weighted by molar-refractivity contribution is -0.141. The Morgan fingerprint density at radius 2 is 1.96 bits per heavy atom. The van der Waals surface area contributed by atoms with Gasteiger partial charge in [-0.2, -0.15) is 18.4 Å². The lowest BCUT2D eigenvalue weighted by Gasteiger charge is -2.29. The van der Waals surface area contributed by atoms with Gasteiger partial charge in [0.15, 0.2) is 5.69 Å². The molecule has 0 fully saturated rings. The highest BCUT2D eigenvalue weighted by Gasteiger charge is 2.36. The Hall–Kier alpha value is -3.34. The molecular weight excluding hydrogens is 357 g/mol. The fourth-order valence-electron chi connectivity index (χ4n) is 3.41. The van der Waals surface area contributed by atoms with E-state index in [1.807, 2.05) is 30.3 Å². The van der Waals surface area contributed by atoms with Gasteiger partial charge in [0.1, 0.15) is 6.07 Å². The van der Waals surface area contributed by atoms with Gasteiger partial charge in [0, 0.05) is 30.5 Å². The number of hydrogen-bond acceptors (Lipinski definition) is 3. The highest BCUT2D eigenvalue weighted by molar-refractivity contribution is 5.94. The van der Waals surface area contributed by atoms with Crippen molar-refractivity contribution in [1.82, 2.24) is 14.5 Å². The molecule has 1 amide bonds. The second-order valence-electron chi connectivity index (χ2n) is 6.30. The first-order valence-electron chi connectivity index (χ1n) is 8.22. The van der Waals surface area contributed by atoms with Crippen LogP contribution in [0.2, 0.25) is 0 Å². The number of aromatic nitrogens is 2. The molecule has 0 aliphatic carbocycles. The number of fused-ring (bicyclic) bond motifs is 3. The topological polar surface area (TPSA) is 61.9 Å². The maximum Gasteiger partial charge on any atom is 0.434 e. The first kappa shape index (κ1) is 17.1. The molecule has 3 aromatic rings. The van der Waals surface area contributed by atoms with E-state index in [1.54, 1.807) is 4.90 Å². The zero-order valence-corrected chi connectivity index (χ0v) is 14.0. The molecule has 1 aromatic carbocycles. The molecule has 8 heteroatoms. The van der Waals surface area contributed by atoms with Crippen molar-refractivity contribution in [3.05, 3.63) is 65.1 Å². The predicted octanol–water partition coefficient (Wildman–Crippen LogP) is 3.58. The van der Waals surface area contributed by atoms with Crippen molar-refractivity contribution < 1.29 is 18.0 Å². The monoisotopic (exact) mass is 370 g/mol. The summed E-state index contributed by atoms with van der Waals surface area (Å²) in [6.45, 7) is 1.36. The maximum absolute atomic E-state index is 12.9. The van der Waals surface area contributed by atoms with Gasteiger partial charge in [-0.3, -0.25) is 4.79 Å². The number of nitriles is 1. The second kappa shape index (κ2) is 6.13. The van der Waals surface area contributed by atoms with E-state index in [2.05, 4.69) is 9.55 Å². The van der Waals surface area contributed by atoms with Gasteiger partial charge >= 0.3 is 6.18 Å². The highest BCUT2D eigenvalue weighted by atomic mass is 19.4. The van der Waals surface area contributed by atoms with Crippen molar-refractivity contribution in [1.29, 1.82) is 5.26 Å². The molecular formula is C19H13F3N4O. The van der Waals surface area contributed by atoms with E-state index >= 15 is 0 Å². The molecule has 0 unspecified atom stereocenters. The summed E-state index contributed by atoms with van der Waals surface area (Å²) in [5.41, 5.74) is 0.0858. The van der Waals surface area contributed by atoms with Crippen LogP contribution in [0.5, 0.6) is 0 Å². The minimum atomic E-state index is -4.74. The van der Waals surface area contributed by atoms with E-state index in [9.17, 15) is 18.0 Å². The van der Waals surface area contributed by atoms with E-state index in [0.29, 0.717) is 19.6 Å². The quantitative estimate of drug-likeness (QED) is 0.658. The normalized spacial score (nSPS) is 14.1. The third kappa shape index (κ3) is 2.91. The molecule has 1 aliphatic rings. The van der Waals surface area contributed by atoms with Crippen molar-refractivity contribution >= 4 is 16.8 Å². The number of amides is 1. The summed E-state index contributed by atoms with van der Waals surface area (Å²) in [6.07, 6.45) is -3.85. The third-order valence-electron chi connectivity index (χ3n) is 4.65. The van der Waals surface area contributed by atoms with Crippen LogP contribution < -0.4 is 0 Å². The van der Waals surface area contributed by atoms with E-state index in [-0.39, 0.29) is 5.56 Å². The van der Waals surface area contributed by atoms with Gasteiger partial charge in [-0.25, -0.2) is 4.98 Å². The average molecular weight is 370 g/mol. The van der Waals surface area contributed by atoms with Crippen LogP contribution in [-0.4, -0.2) is 26.9 Å². The molecule has 0 N–H and O–H groups in total. The number of benzene rings is 1. The summed E-state index contributed by atoms with van der Waals surface area (Å²) < 4.78 is 40.8. The van der Waals surface area contributed by atoms with Gasteiger partial charge < -0.3 is 9.47 Å². The summed E-state index contributed by atoms with van der Waals surface area (Å²) >= 11 is 0. The lowest BCUT2D eigenvalue weighted by Crippen LogP contribution is -2.38. The Kier molecular flexibility index (Phi) is 3.88. The number of rotatable bonds is 1. The summed E-state index contributed by atoms with van der Waals surface area (Å²) in [6, 6.07) is 12.3. The predicted molar refractivity (Wildman–Crippen MR) is 90.6 cm³/mol. The van der Waals surface area contributed by atoms with Gasteiger partial charge in [0.25, 0.3) is 5.91 Å². The van der Waals surface area contributed by atoms with Gasteiger partial charge in [0.2, 0.25) is 0 Å². The number of hydrogen-bond donors (Lipinski definition) is 0. The van der Waals surface area contributed by atoms with E-state index in [4.69, 9.17) is 5.26 Å². The van der Waals surface area contributed by atoms with Crippen LogP contribution >= 0.6 is 0 Å². The van der Waals surface area contributed by atoms with Crippen LogP contribution in [0, 0.1) is 11.3 Å². The lowest BCUT2D eigenvalue weighted by atomic mass is 10.1. The number of carbonyl (C=O) groups is 1. The third-order valence-corrected chi connectivity index (χ3v) is 4.65. The molecule has 0 atom stereocenters. The molecule has 0 radical (unpaired) electrons. The minimum Gasteiger partial charge on any atom is -0.341 e. The summed E-state index contributed by atoms with van der Waals surface area (Å²) in [5.74, 6) is -0.441. The Bertz CT molecular complexity index is 1090. The van der Waals surface area contributed by atoms with Crippen LogP contribution in [0.15, 0.2) is 42.6 Å². The summed E-state index contributed by atoms with van der Waals surface area (Å²) in [7, 11) is 0. The molecule has 0 bridgehead atoms. The van der Waals surface area contributed by atoms with E-state index < -0.39 is 23.3 Å². The molecule has 5 nitrogen and oxygen atoms in total. The molecule has 2 aromatic heterocycles. The molecule has 0 saturated heterocycles. The number of nitrogens with zero attached hydrogens (tertiary/aromatic N) is 4. The number of alkyl halides is 3. The van der Waals surface area contributed by atoms with Crippen molar-refractivity contribution in [2.45, 2.75) is 19.3 Å². The Balaban J connectivity index is 1.63. The van der Waals surface area contributed by atoms with Gasteiger partial charge in [-0.05, 0) is 23.6 Å². The highest BCUT2D eigenvalue weighted by Crippen LogP contribution is 2.31. The second-order valence-corrected chi connectivity index (χ2v) is 6.30. The Labute approximate surface area is 152 Å². The maximum atomic E-state index is 12.9. The van der Waals surface area contributed by atoms with Gasteiger partial charge in [-0.1, -0.05) is 18.2 Å². The fourth-order valence-corrected chi connectivity index (χ4v) is 3.41. The molecule has 136 valence electrons. The Morgan fingerprint density at radius 3 is 2.70 bits per heavy atom. The Morgan fingerprint density at radius 1 is 1.19 bits per heavy atom. The molecule has 4 rings (SSSR count). The zero-order valence-electron chi connectivity index (χ0n) is 14.0. The fraction of sp³-hybridized carbons (Fsp3) is 0.211. The van der Waals surface area contributed by atoms with Crippen LogP contribution in [0.3, 0.4) is 0 Å². The SMILES string of the molecule is N#Cc1cc(C(=O)N2CCn3c(cc4ccccc43)C2)cnc1C(F)(F)F. The standard InChI is InChI=1S/C19H13F3N4O/c20-19(21,22)17-13(9-23)7-14(10-24-17)18(27)25-5-6-26-15(11-25)8-12-3-1-2-4-16(12)26/h1-4,7-8,10H,5-6,11H2.